The first-order chi connectivity index (χ1) is 16.5. The fourth-order valence-electron chi connectivity index (χ4n) is 5.32. The summed E-state index contributed by atoms with van der Waals surface area (Å²) < 4.78 is 54.9. The van der Waals surface area contributed by atoms with Gasteiger partial charge in [0.05, 0.1) is 6.16 Å². The quantitative estimate of drug-likeness (QED) is 0.328. The molecule has 2 aliphatic rings. The van der Waals surface area contributed by atoms with Crippen LogP contribution in [-0.4, -0.2) is 6.16 Å². The molecule has 0 bridgehead atoms. The minimum atomic E-state index is -3.81. The largest absolute Gasteiger partial charge is 0.430 e. The zero-order valence-corrected chi connectivity index (χ0v) is 21.1. The summed E-state index contributed by atoms with van der Waals surface area (Å²) in [5, 5.41) is 0. The summed E-state index contributed by atoms with van der Waals surface area (Å²) in [6.07, 6.45) is 12.8. The molecule has 4 rings (SSSR count). The van der Waals surface area contributed by atoms with Gasteiger partial charge >= 0.3 is 7.60 Å². The Morgan fingerprint density at radius 2 is 1.21 bits per heavy atom. The van der Waals surface area contributed by atoms with Crippen LogP contribution in [0.1, 0.15) is 107 Å². The minimum Gasteiger partial charge on any atom is -0.413 e. The van der Waals surface area contributed by atoms with E-state index in [2.05, 4.69) is 0 Å². The Balaban J connectivity index is 1.51. The van der Waals surface area contributed by atoms with E-state index in [0.717, 1.165) is 68.9 Å². The van der Waals surface area contributed by atoms with Gasteiger partial charge < -0.3 is 9.05 Å². The number of halogens is 2. The first-order valence-corrected chi connectivity index (χ1v) is 14.8. The Bertz CT molecular complexity index is 924. The van der Waals surface area contributed by atoms with Gasteiger partial charge in [-0.2, -0.15) is 0 Å². The van der Waals surface area contributed by atoms with Gasteiger partial charge in [0.25, 0.3) is 0 Å². The fraction of sp³-hybridized carbons (Fsp3) is 0.571. The van der Waals surface area contributed by atoms with Crippen molar-refractivity contribution in [3.63, 3.8) is 0 Å². The van der Waals surface area contributed by atoms with Crippen LogP contribution in [0, 0.1) is 11.6 Å². The Morgan fingerprint density at radius 3 is 1.59 bits per heavy atom. The van der Waals surface area contributed by atoms with Gasteiger partial charge in [0.15, 0.2) is 23.1 Å². The van der Waals surface area contributed by atoms with Gasteiger partial charge in [-0.05, 0) is 79.3 Å². The summed E-state index contributed by atoms with van der Waals surface area (Å²) in [6, 6.07) is 9.80. The van der Waals surface area contributed by atoms with E-state index in [1.54, 1.807) is 12.1 Å². The van der Waals surface area contributed by atoms with Crippen molar-refractivity contribution in [1.29, 1.82) is 0 Å². The molecule has 0 radical (unpaired) electrons. The summed E-state index contributed by atoms with van der Waals surface area (Å²) in [6.45, 7) is 1.96. The first kappa shape index (κ1) is 25.2. The van der Waals surface area contributed by atoms with Crippen molar-refractivity contribution in [2.45, 2.75) is 95.8 Å². The normalized spacial score (nSPS) is 18.1. The Kier molecular flexibility index (Phi) is 8.69. The summed E-state index contributed by atoms with van der Waals surface area (Å²) >= 11 is 0. The van der Waals surface area contributed by atoms with Gasteiger partial charge in [-0.3, -0.25) is 0 Å². The summed E-state index contributed by atoms with van der Waals surface area (Å²) in [5.41, 5.74) is 1.91. The van der Waals surface area contributed by atoms with Crippen LogP contribution in [0.5, 0.6) is 11.5 Å². The van der Waals surface area contributed by atoms with Gasteiger partial charge in [0.1, 0.15) is 0 Å². The molecule has 0 saturated heterocycles. The maximum atomic E-state index is 15.0. The van der Waals surface area contributed by atoms with E-state index in [1.807, 2.05) is 19.1 Å². The molecule has 0 spiro atoms. The van der Waals surface area contributed by atoms with Crippen LogP contribution in [0.4, 0.5) is 8.78 Å². The van der Waals surface area contributed by atoms with Crippen molar-refractivity contribution in [2.75, 3.05) is 6.16 Å². The van der Waals surface area contributed by atoms with Gasteiger partial charge in [0, 0.05) is 0 Å². The van der Waals surface area contributed by atoms with Gasteiger partial charge in [0.2, 0.25) is 0 Å². The Morgan fingerprint density at radius 1 is 0.765 bits per heavy atom. The molecule has 3 nitrogen and oxygen atoms in total. The second-order valence-electron chi connectivity index (χ2n) is 9.92. The first-order valence-electron chi connectivity index (χ1n) is 13.0. The molecule has 2 aliphatic carbocycles. The third-order valence-electron chi connectivity index (χ3n) is 7.33. The van der Waals surface area contributed by atoms with Crippen LogP contribution in [0.3, 0.4) is 0 Å². The lowest BCUT2D eigenvalue weighted by Gasteiger charge is -2.24. The molecule has 6 heteroatoms. The molecule has 2 aromatic carbocycles. The monoisotopic (exact) mass is 490 g/mol. The molecular formula is C28H37F2O3P. The van der Waals surface area contributed by atoms with Crippen LogP contribution in [-0.2, 0) is 4.57 Å². The molecule has 0 amide bonds. The number of rotatable bonds is 9. The average Bonchev–Trinajstić information content (AvgIpc) is 2.86. The fourth-order valence-corrected chi connectivity index (χ4v) is 7.14. The van der Waals surface area contributed by atoms with Crippen LogP contribution in [0.15, 0.2) is 36.4 Å². The van der Waals surface area contributed by atoms with Crippen molar-refractivity contribution in [3.05, 3.63) is 59.2 Å². The maximum Gasteiger partial charge on any atom is 0.430 e. The SMILES string of the molecule is CCCCP(=O)(Oc1ccc(C2CCCCC2)cc1F)Oc1ccc(C2CCCCC2)cc1F. The molecule has 0 atom stereocenters. The molecule has 34 heavy (non-hydrogen) atoms. The average molecular weight is 491 g/mol. The molecule has 2 aromatic rings. The standard InChI is InChI=1S/C28H37F2O3P/c1-2-3-18-34(31,32-27-16-14-23(19-25(27)29)21-10-6-4-7-11-21)33-28-17-15-24(20-26(28)30)22-12-8-5-9-13-22/h14-17,19-22H,2-13,18H2,1H3. The Labute approximate surface area is 202 Å². The van der Waals surface area contributed by atoms with E-state index < -0.39 is 19.2 Å². The van der Waals surface area contributed by atoms with Gasteiger partial charge in [-0.1, -0.05) is 64.0 Å². The summed E-state index contributed by atoms with van der Waals surface area (Å²) in [4.78, 5) is 0. The van der Waals surface area contributed by atoms with E-state index in [9.17, 15) is 13.3 Å². The van der Waals surface area contributed by atoms with E-state index in [0.29, 0.717) is 18.3 Å². The molecule has 0 aromatic heterocycles. The molecule has 186 valence electrons. The molecule has 2 fully saturated rings. The predicted octanol–water partition coefficient (Wildman–Crippen LogP) is 9.51. The molecule has 0 unspecified atom stereocenters. The van der Waals surface area contributed by atoms with E-state index in [1.165, 1.54) is 25.0 Å². The molecular weight excluding hydrogens is 453 g/mol. The second-order valence-corrected chi connectivity index (χ2v) is 12.0. The van der Waals surface area contributed by atoms with Gasteiger partial charge in [-0.15, -0.1) is 0 Å². The van der Waals surface area contributed by atoms with E-state index in [4.69, 9.17) is 9.05 Å². The van der Waals surface area contributed by atoms with Crippen molar-refractivity contribution in [3.8, 4) is 11.5 Å². The van der Waals surface area contributed by atoms with Crippen molar-refractivity contribution >= 4 is 7.60 Å². The lowest BCUT2D eigenvalue weighted by molar-refractivity contribution is 0.364. The minimum absolute atomic E-state index is 0.0944. The lowest BCUT2D eigenvalue weighted by atomic mass is 9.84. The topological polar surface area (TPSA) is 35.5 Å². The molecule has 0 heterocycles. The number of hydrogen-bond donors (Lipinski definition) is 0. The Hall–Kier alpha value is -1.87. The van der Waals surface area contributed by atoms with E-state index in [-0.39, 0.29) is 17.7 Å². The van der Waals surface area contributed by atoms with Crippen LogP contribution in [0.25, 0.3) is 0 Å². The number of benzene rings is 2. The zero-order chi connectivity index (χ0) is 24.0. The highest BCUT2D eigenvalue weighted by Crippen LogP contribution is 2.51. The van der Waals surface area contributed by atoms with Gasteiger partial charge in [-0.25, -0.2) is 13.3 Å². The molecule has 0 aliphatic heterocycles. The maximum absolute atomic E-state index is 15.0. The molecule has 2 saturated carbocycles. The lowest BCUT2D eigenvalue weighted by Crippen LogP contribution is -2.09. The van der Waals surface area contributed by atoms with Crippen LogP contribution < -0.4 is 9.05 Å². The van der Waals surface area contributed by atoms with Crippen LogP contribution >= 0.6 is 7.60 Å². The summed E-state index contributed by atoms with van der Waals surface area (Å²) in [7, 11) is -3.81. The zero-order valence-electron chi connectivity index (χ0n) is 20.2. The van der Waals surface area contributed by atoms with Crippen LogP contribution in [0.2, 0.25) is 0 Å². The van der Waals surface area contributed by atoms with Crippen molar-refractivity contribution in [1.82, 2.24) is 0 Å². The highest BCUT2D eigenvalue weighted by molar-refractivity contribution is 7.54. The van der Waals surface area contributed by atoms with Crippen molar-refractivity contribution in [2.24, 2.45) is 0 Å². The number of hydrogen-bond acceptors (Lipinski definition) is 3. The smallest absolute Gasteiger partial charge is 0.413 e. The molecule has 0 N–H and O–H groups in total. The predicted molar refractivity (Wildman–Crippen MR) is 133 cm³/mol. The third-order valence-corrected chi connectivity index (χ3v) is 9.14. The van der Waals surface area contributed by atoms with E-state index >= 15 is 0 Å². The highest BCUT2D eigenvalue weighted by Gasteiger charge is 2.31. The number of unbranched alkanes of at least 4 members (excludes halogenated alkanes) is 1. The summed E-state index contributed by atoms with van der Waals surface area (Å²) in [5.74, 6) is -0.570. The third kappa shape index (κ3) is 6.42. The second kappa shape index (κ2) is 11.7. The highest BCUT2D eigenvalue weighted by atomic mass is 31.2. The van der Waals surface area contributed by atoms with Crippen molar-refractivity contribution < 1.29 is 22.4 Å².